The van der Waals surface area contributed by atoms with Crippen molar-refractivity contribution in [3.63, 3.8) is 0 Å². The molecule has 0 aliphatic heterocycles. The van der Waals surface area contributed by atoms with Gasteiger partial charge in [-0.25, -0.2) is 10.2 Å². The monoisotopic (exact) mass is 567 g/mol. The Morgan fingerprint density at radius 2 is 1.47 bits per heavy atom. The van der Waals surface area contributed by atoms with Crippen molar-refractivity contribution >= 4 is 51.7 Å². The van der Waals surface area contributed by atoms with Crippen LogP contribution in [0, 0.1) is 0 Å². The van der Waals surface area contributed by atoms with Crippen molar-refractivity contribution in [1.29, 1.82) is 0 Å². The number of hydrazone groups is 1. The average molecular weight is 568 g/mol. The maximum absolute atomic E-state index is 12.8. The lowest BCUT2D eigenvalue weighted by Crippen LogP contribution is -2.21. The van der Waals surface area contributed by atoms with E-state index < -0.39 is 11.9 Å². The van der Waals surface area contributed by atoms with Gasteiger partial charge in [0.1, 0.15) is 5.75 Å². The first kappa shape index (κ1) is 26.2. The number of carbonyl (C=O) groups is 3. The van der Waals surface area contributed by atoms with Crippen LogP contribution in [-0.2, 0) is 4.79 Å². The standard InChI is InChI=1S/C30H22BrN3O4/c31-24-16-17-27(38-28(35)18-15-21-9-3-1-4-10-21)23(19-24)20-32-34-30(37)25-13-7-8-14-26(25)33-29(36)22-11-5-2-6-12-22/h1-20H,(H,33,36)(H,34,37)/b18-15+,32-20-. The lowest BCUT2D eigenvalue weighted by Gasteiger charge is -2.10. The first-order chi connectivity index (χ1) is 18.5. The van der Waals surface area contributed by atoms with Gasteiger partial charge in [0.05, 0.1) is 17.5 Å². The number of rotatable bonds is 8. The Bertz CT molecular complexity index is 1500. The van der Waals surface area contributed by atoms with E-state index in [2.05, 4.69) is 31.8 Å². The molecule has 4 rings (SSSR count). The average Bonchev–Trinajstić information content (AvgIpc) is 2.94. The molecule has 0 saturated heterocycles. The lowest BCUT2D eigenvalue weighted by atomic mass is 10.1. The zero-order chi connectivity index (χ0) is 26.7. The van der Waals surface area contributed by atoms with Gasteiger partial charge in [0.15, 0.2) is 0 Å². The van der Waals surface area contributed by atoms with Crippen LogP contribution >= 0.6 is 15.9 Å². The summed E-state index contributed by atoms with van der Waals surface area (Å²) in [6.07, 6.45) is 4.36. The Kier molecular flexibility index (Phi) is 8.93. The second kappa shape index (κ2) is 12.9. The number of amides is 2. The molecule has 0 bridgehead atoms. The lowest BCUT2D eigenvalue weighted by molar-refractivity contribution is -0.128. The number of para-hydroxylation sites is 1. The summed E-state index contributed by atoms with van der Waals surface area (Å²) < 4.78 is 6.21. The van der Waals surface area contributed by atoms with Crippen molar-refractivity contribution in [3.05, 3.63) is 136 Å². The van der Waals surface area contributed by atoms with E-state index in [1.54, 1.807) is 72.8 Å². The van der Waals surface area contributed by atoms with Crippen LogP contribution in [0.5, 0.6) is 5.75 Å². The Morgan fingerprint density at radius 1 is 0.789 bits per heavy atom. The molecule has 0 unspecified atom stereocenters. The quantitative estimate of drug-likeness (QED) is 0.0885. The van der Waals surface area contributed by atoms with E-state index in [1.807, 2.05) is 36.4 Å². The SMILES string of the molecule is O=C(/C=C/c1ccccc1)Oc1ccc(Br)cc1/C=N\NC(=O)c1ccccc1NC(=O)c1ccccc1. The fourth-order valence-electron chi connectivity index (χ4n) is 3.38. The Morgan fingerprint density at radius 3 is 2.24 bits per heavy atom. The molecule has 4 aromatic rings. The highest BCUT2D eigenvalue weighted by Gasteiger charge is 2.14. The summed E-state index contributed by atoms with van der Waals surface area (Å²) in [4.78, 5) is 37.7. The predicted molar refractivity (Wildman–Crippen MR) is 151 cm³/mol. The number of carbonyl (C=O) groups excluding carboxylic acids is 3. The van der Waals surface area contributed by atoms with Crippen molar-refractivity contribution < 1.29 is 19.1 Å². The first-order valence-corrected chi connectivity index (χ1v) is 12.3. The molecular formula is C30H22BrN3O4. The maximum Gasteiger partial charge on any atom is 0.336 e. The number of hydrogen-bond acceptors (Lipinski definition) is 5. The second-order valence-corrected chi connectivity index (χ2v) is 8.83. The second-order valence-electron chi connectivity index (χ2n) is 7.91. The summed E-state index contributed by atoms with van der Waals surface area (Å²) in [5, 5.41) is 6.79. The van der Waals surface area contributed by atoms with E-state index in [9.17, 15) is 14.4 Å². The van der Waals surface area contributed by atoms with Gasteiger partial charge in [-0.05, 0) is 54.1 Å². The Balaban J connectivity index is 1.44. The summed E-state index contributed by atoms with van der Waals surface area (Å²) in [6.45, 7) is 0. The molecule has 0 aromatic heterocycles. The topological polar surface area (TPSA) is 96.9 Å². The van der Waals surface area contributed by atoms with Crippen molar-refractivity contribution in [1.82, 2.24) is 5.43 Å². The molecule has 0 heterocycles. The number of hydrogen-bond donors (Lipinski definition) is 2. The van der Waals surface area contributed by atoms with E-state index in [0.29, 0.717) is 16.8 Å². The fourth-order valence-corrected chi connectivity index (χ4v) is 3.76. The predicted octanol–water partition coefficient (Wildman–Crippen LogP) is 6.08. The zero-order valence-electron chi connectivity index (χ0n) is 20.0. The largest absolute Gasteiger partial charge is 0.423 e. The molecule has 0 saturated carbocycles. The maximum atomic E-state index is 12.8. The summed E-state index contributed by atoms with van der Waals surface area (Å²) in [7, 11) is 0. The van der Waals surface area contributed by atoms with Gasteiger partial charge in [-0.3, -0.25) is 9.59 Å². The fraction of sp³-hybridized carbons (Fsp3) is 0. The third-order valence-electron chi connectivity index (χ3n) is 5.22. The van der Waals surface area contributed by atoms with Crippen molar-refractivity contribution in [2.75, 3.05) is 5.32 Å². The van der Waals surface area contributed by atoms with Gasteiger partial charge >= 0.3 is 5.97 Å². The number of esters is 1. The van der Waals surface area contributed by atoms with Gasteiger partial charge in [0.25, 0.3) is 11.8 Å². The van der Waals surface area contributed by atoms with Crippen LogP contribution in [0.25, 0.3) is 6.08 Å². The van der Waals surface area contributed by atoms with Crippen LogP contribution in [0.4, 0.5) is 5.69 Å². The number of halogens is 1. The van der Waals surface area contributed by atoms with Crippen molar-refractivity contribution in [2.45, 2.75) is 0 Å². The number of ether oxygens (including phenoxy) is 1. The van der Waals surface area contributed by atoms with Crippen LogP contribution in [0.2, 0.25) is 0 Å². The highest BCUT2D eigenvalue weighted by molar-refractivity contribution is 9.10. The van der Waals surface area contributed by atoms with Crippen LogP contribution < -0.4 is 15.5 Å². The third-order valence-corrected chi connectivity index (χ3v) is 5.71. The molecular weight excluding hydrogens is 546 g/mol. The summed E-state index contributed by atoms with van der Waals surface area (Å²) in [6, 6.07) is 29.7. The Hall–Kier alpha value is -4.82. The number of anilines is 1. The molecule has 2 amide bonds. The molecule has 0 aliphatic rings. The van der Waals surface area contributed by atoms with Crippen molar-refractivity contribution in [3.8, 4) is 5.75 Å². The van der Waals surface area contributed by atoms with Gasteiger partial charge in [0, 0.05) is 21.7 Å². The molecule has 188 valence electrons. The molecule has 38 heavy (non-hydrogen) atoms. The van der Waals surface area contributed by atoms with Crippen LogP contribution in [0.1, 0.15) is 31.8 Å². The van der Waals surface area contributed by atoms with E-state index in [-0.39, 0.29) is 17.2 Å². The van der Waals surface area contributed by atoms with Gasteiger partial charge in [0.2, 0.25) is 0 Å². The third kappa shape index (κ3) is 7.35. The Labute approximate surface area is 228 Å². The van der Waals surface area contributed by atoms with E-state index in [4.69, 9.17) is 4.74 Å². The molecule has 0 radical (unpaired) electrons. The highest BCUT2D eigenvalue weighted by atomic mass is 79.9. The van der Waals surface area contributed by atoms with Gasteiger partial charge in [-0.1, -0.05) is 76.6 Å². The van der Waals surface area contributed by atoms with Gasteiger partial charge in [-0.2, -0.15) is 5.10 Å². The number of nitrogens with zero attached hydrogens (tertiary/aromatic N) is 1. The molecule has 0 aliphatic carbocycles. The molecule has 0 fully saturated rings. The van der Waals surface area contributed by atoms with Crippen LogP contribution in [-0.4, -0.2) is 24.0 Å². The van der Waals surface area contributed by atoms with Crippen molar-refractivity contribution in [2.24, 2.45) is 5.10 Å². The molecule has 0 spiro atoms. The smallest absolute Gasteiger partial charge is 0.336 e. The molecule has 0 atom stereocenters. The summed E-state index contributed by atoms with van der Waals surface area (Å²) >= 11 is 3.39. The summed E-state index contributed by atoms with van der Waals surface area (Å²) in [5.41, 5.74) is 4.84. The van der Waals surface area contributed by atoms with Gasteiger partial charge < -0.3 is 10.1 Å². The normalized spacial score (nSPS) is 10.9. The van der Waals surface area contributed by atoms with Gasteiger partial charge in [-0.15, -0.1) is 0 Å². The van der Waals surface area contributed by atoms with Crippen LogP contribution in [0.15, 0.2) is 119 Å². The number of benzene rings is 4. The molecule has 7 nitrogen and oxygen atoms in total. The minimum absolute atomic E-state index is 0.237. The minimum Gasteiger partial charge on any atom is -0.423 e. The van der Waals surface area contributed by atoms with E-state index in [1.165, 1.54) is 12.3 Å². The first-order valence-electron chi connectivity index (χ1n) is 11.5. The minimum atomic E-state index is -0.557. The molecule has 8 heteroatoms. The van der Waals surface area contributed by atoms with E-state index in [0.717, 1.165) is 10.0 Å². The zero-order valence-corrected chi connectivity index (χ0v) is 21.6. The van der Waals surface area contributed by atoms with Crippen LogP contribution in [0.3, 0.4) is 0 Å². The molecule has 2 N–H and O–H groups in total. The highest BCUT2D eigenvalue weighted by Crippen LogP contribution is 2.22. The van der Waals surface area contributed by atoms with E-state index >= 15 is 0 Å². The number of nitrogens with one attached hydrogen (secondary N) is 2. The molecule has 4 aromatic carbocycles. The summed E-state index contributed by atoms with van der Waals surface area (Å²) in [5.74, 6) is -1.15.